The zero-order valence-corrected chi connectivity index (χ0v) is 19.6. The fourth-order valence-electron chi connectivity index (χ4n) is 3.47. The predicted octanol–water partition coefficient (Wildman–Crippen LogP) is 4.26. The number of nitrogens with zero attached hydrogens (tertiary/aromatic N) is 2. The summed E-state index contributed by atoms with van der Waals surface area (Å²) in [6, 6.07) is 21.5. The van der Waals surface area contributed by atoms with Crippen LogP contribution in [0.4, 0.5) is 0 Å². The van der Waals surface area contributed by atoms with Gasteiger partial charge in [-0.05, 0) is 57.0 Å². The first-order valence-corrected chi connectivity index (χ1v) is 12.2. The maximum absolute atomic E-state index is 13.3. The van der Waals surface area contributed by atoms with Gasteiger partial charge < -0.3 is 9.32 Å². The molecule has 1 amide bonds. The molecule has 7 heteroatoms. The van der Waals surface area contributed by atoms with Crippen molar-refractivity contribution in [3.63, 3.8) is 0 Å². The Morgan fingerprint density at radius 2 is 1.56 bits per heavy atom. The monoisotopic (exact) mass is 454 g/mol. The molecule has 2 aromatic carbocycles. The molecule has 1 aromatic heterocycles. The van der Waals surface area contributed by atoms with Gasteiger partial charge in [-0.25, -0.2) is 8.42 Å². The summed E-state index contributed by atoms with van der Waals surface area (Å²) in [4.78, 5) is 15.2. The highest BCUT2D eigenvalue weighted by Crippen LogP contribution is 2.19. The van der Waals surface area contributed by atoms with E-state index in [-0.39, 0.29) is 29.9 Å². The maximum atomic E-state index is 13.3. The maximum Gasteiger partial charge on any atom is 0.243 e. The van der Waals surface area contributed by atoms with Gasteiger partial charge in [0, 0.05) is 12.6 Å². The largest absolute Gasteiger partial charge is 0.464 e. The predicted molar refractivity (Wildman–Crippen MR) is 124 cm³/mol. The summed E-state index contributed by atoms with van der Waals surface area (Å²) in [5.41, 5.74) is 1.11. The number of sulfonamides is 1. The summed E-state index contributed by atoms with van der Waals surface area (Å²) in [5, 5.41) is 0. The number of furan rings is 1. The smallest absolute Gasteiger partial charge is 0.243 e. The topological polar surface area (TPSA) is 70.8 Å². The summed E-state index contributed by atoms with van der Waals surface area (Å²) >= 11 is 0. The molecule has 0 radical (unpaired) electrons. The summed E-state index contributed by atoms with van der Waals surface area (Å²) in [6.07, 6.45) is 0.666. The molecule has 32 heavy (non-hydrogen) atoms. The molecule has 170 valence electrons. The zero-order chi connectivity index (χ0) is 23.1. The van der Waals surface area contributed by atoms with Crippen LogP contribution >= 0.6 is 0 Å². The van der Waals surface area contributed by atoms with E-state index in [1.54, 1.807) is 49.1 Å². The molecule has 6 nitrogen and oxygen atoms in total. The minimum atomic E-state index is -3.80. The number of carbonyl (C=O) groups is 1. The zero-order valence-electron chi connectivity index (χ0n) is 18.8. The molecule has 0 aliphatic heterocycles. The molecule has 1 heterocycles. The second-order valence-electron chi connectivity index (χ2n) is 8.02. The molecule has 0 N–H and O–H groups in total. The van der Waals surface area contributed by atoms with Crippen LogP contribution in [0.1, 0.15) is 30.9 Å². The lowest BCUT2D eigenvalue weighted by Gasteiger charge is -2.29. The Kier molecular flexibility index (Phi) is 7.88. The number of rotatable bonds is 10. The Morgan fingerprint density at radius 3 is 2.12 bits per heavy atom. The normalized spacial score (nSPS) is 11.8. The number of hydrogen-bond acceptors (Lipinski definition) is 4. The van der Waals surface area contributed by atoms with Crippen LogP contribution < -0.4 is 0 Å². The molecule has 0 fully saturated rings. The summed E-state index contributed by atoms with van der Waals surface area (Å²) < 4.78 is 33.4. The van der Waals surface area contributed by atoms with Gasteiger partial charge >= 0.3 is 0 Å². The Balaban J connectivity index is 1.81. The van der Waals surface area contributed by atoms with E-state index in [1.165, 1.54) is 4.31 Å². The van der Waals surface area contributed by atoms with Gasteiger partial charge in [0.25, 0.3) is 0 Å². The average molecular weight is 455 g/mol. The first kappa shape index (κ1) is 23.8. The van der Waals surface area contributed by atoms with Crippen LogP contribution in [0.2, 0.25) is 0 Å². The van der Waals surface area contributed by atoms with Crippen molar-refractivity contribution < 1.29 is 17.6 Å². The molecule has 0 unspecified atom stereocenters. The van der Waals surface area contributed by atoms with Crippen LogP contribution in [0.3, 0.4) is 0 Å². The third kappa shape index (κ3) is 6.08. The first-order valence-electron chi connectivity index (χ1n) is 10.7. The summed E-state index contributed by atoms with van der Waals surface area (Å²) in [7, 11) is -3.80. The van der Waals surface area contributed by atoms with Crippen molar-refractivity contribution in [1.82, 2.24) is 9.21 Å². The Hall–Kier alpha value is -2.90. The van der Waals surface area contributed by atoms with Crippen LogP contribution in [-0.4, -0.2) is 42.7 Å². The Morgan fingerprint density at radius 1 is 0.938 bits per heavy atom. The van der Waals surface area contributed by atoms with Crippen LogP contribution in [0.5, 0.6) is 0 Å². The van der Waals surface area contributed by atoms with E-state index >= 15 is 0 Å². The second kappa shape index (κ2) is 10.6. The molecule has 0 atom stereocenters. The molecule has 0 bridgehead atoms. The van der Waals surface area contributed by atoms with E-state index in [9.17, 15) is 13.2 Å². The van der Waals surface area contributed by atoms with E-state index < -0.39 is 10.0 Å². The van der Waals surface area contributed by atoms with Gasteiger partial charge in [0.15, 0.2) is 0 Å². The molecule has 0 aliphatic rings. The Bertz CT molecular complexity index is 1110. The van der Waals surface area contributed by atoms with Gasteiger partial charge in [-0.3, -0.25) is 4.79 Å². The van der Waals surface area contributed by atoms with Crippen LogP contribution in [0, 0.1) is 6.92 Å². The highest BCUT2D eigenvalue weighted by molar-refractivity contribution is 7.89. The SMILES string of the molecule is Cc1ccc(CN(CCc2ccccc2)C(=O)CN(C(C)C)S(=O)(=O)c2ccccc2)o1. The van der Waals surface area contributed by atoms with Crippen molar-refractivity contribution in [2.45, 2.75) is 44.7 Å². The summed E-state index contributed by atoms with van der Waals surface area (Å²) in [5.74, 6) is 1.18. The molecular weight excluding hydrogens is 424 g/mol. The van der Waals surface area contributed by atoms with Crippen molar-refractivity contribution in [2.24, 2.45) is 0 Å². The number of carbonyl (C=O) groups excluding carboxylic acids is 1. The van der Waals surface area contributed by atoms with Gasteiger partial charge in [0.05, 0.1) is 18.0 Å². The van der Waals surface area contributed by atoms with E-state index in [1.807, 2.05) is 49.4 Å². The number of amides is 1. The second-order valence-corrected chi connectivity index (χ2v) is 9.91. The van der Waals surface area contributed by atoms with Gasteiger partial charge in [0.1, 0.15) is 11.5 Å². The van der Waals surface area contributed by atoms with Gasteiger partial charge in [-0.15, -0.1) is 0 Å². The molecule has 0 spiro atoms. The van der Waals surface area contributed by atoms with Crippen molar-refractivity contribution in [3.8, 4) is 0 Å². The molecule has 0 saturated heterocycles. The lowest BCUT2D eigenvalue weighted by Crippen LogP contribution is -2.46. The standard InChI is InChI=1S/C25H30N2O4S/c1-20(2)27(32(29,30)24-12-8-5-9-13-24)19-25(28)26(18-23-15-14-21(3)31-23)17-16-22-10-6-4-7-11-22/h4-15,20H,16-19H2,1-3H3. The molecule has 0 aliphatic carbocycles. The van der Waals surface area contributed by atoms with Crippen molar-refractivity contribution in [2.75, 3.05) is 13.1 Å². The van der Waals surface area contributed by atoms with Gasteiger partial charge in [-0.2, -0.15) is 4.31 Å². The van der Waals surface area contributed by atoms with E-state index in [0.29, 0.717) is 18.7 Å². The molecular formula is C25H30N2O4S. The van der Waals surface area contributed by atoms with Crippen LogP contribution in [-0.2, 0) is 27.8 Å². The average Bonchev–Trinajstić information content (AvgIpc) is 3.20. The number of hydrogen-bond donors (Lipinski definition) is 0. The quantitative estimate of drug-likeness (QED) is 0.459. The minimum absolute atomic E-state index is 0.180. The third-order valence-electron chi connectivity index (χ3n) is 5.23. The fourth-order valence-corrected chi connectivity index (χ4v) is 5.07. The number of aryl methyl sites for hydroxylation is 1. The Labute approximate surface area is 190 Å². The van der Waals surface area contributed by atoms with E-state index in [0.717, 1.165) is 11.3 Å². The van der Waals surface area contributed by atoms with Gasteiger partial charge in [0.2, 0.25) is 15.9 Å². The first-order chi connectivity index (χ1) is 15.3. The lowest BCUT2D eigenvalue weighted by atomic mass is 10.1. The van der Waals surface area contributed by atoms with Gasteiger partial charge in [-0.1, -0.05) is 48.5 Å². The summed E-state index contributed by atoms with van der Waals surface area (Å²) in [6.45, 7) is 5.92. The van der Waals surface area contributed by atoms with Crippen molar-refractivity contribution in [1.29, 1.82) is 0 Å². The van der Waals surface area contributed by atoms with E-state index in [4.69, 9.17) is 4.42 Å². The fraction of sp³-hybridized carbons (Fsp3) is 0.320. The van der Waals surface area contributed by atoms with Crippen LogP contribution in [0.25, 0.3) is 0 Å². The third-order valence-corrected chi connectivity index (χ3v) is 7.26. The molecule has 3 aromatic rings. The van der Waals surface area contributed by atoms with Crippen molar-refractivity contribution >= 4 is 15.9 Å². The molecule has 0 saturated carbocycles. The molecule has 3 rings (SSSR count). The van der Waals surface area contributed by atoms with Crippen LogP contribution in [0.15, 0.2) is 82.1 Å². The number of benzene rings is 2. The highest BCUT2D eigenvalue weighted by atomic mass is 32.2. The minimum Gasteiger partial charge on any atom is -0.464 e. The lowest BCUT2D eigenvalue weighted by molar-refractivity contribution is -0.132. The van der Waals surface area contributed by atoms with Crippen molar-refractivity contribution in [3.05, 3.63) is 89.9 Å². The highest BCUT2D eigenvalue weighted by Gasteiger charge is 2.30. The van der Waals surface area contributed by atoms with E-state index in [2.05, 4.69) is 0 Å².